The van der Waals surface area contributed by atoms with Gasteiger partial charge < -0.3 is 4.74 Å². The zero-order chi connectivity index (χ0) is 11.9. The van der Waals surface area contributed by atoms with Gasteiger partial charge in [-0.15, -0.1) is 0 Å². The molecule has 0 aliphatic heterocycles. The van der Waals surface area contributed by atoms with Crippen molar-refractivity contribution in [2.75, 3.05) is 6.61 Å². The predicted molar refractivity (Wildman–Crippen MR) is 63.0 cm³/mol. The summed E-state index contributed by atoms with van der Waals surface area (Å²) in [5.41, 5.74) is 1.20. The maximum Gasteiger partial charge on any atom is 0.317 e. The molecule has 1 aromatic rings. The SMILES string of the molecule is CCOc1ccccc1C.O=S(=O)(Cl)Cl. The molecular formula is C9H12Cl2O3S. The summed E-state index contributed by atoms with van der Waals surface area (Å²) in [4.78, 5) is 0. The van der Waals surface area contributed by atoms with Crippen LogP contribution in [0.5, 0.6) is 5.75 Å². The molecule has 0 saturated heterocycles. The zero-order valence-corrected chi connectivity index (χ0v) is 10.7. The highest BCUT2D eigenvalue weighted by Gasteiger charge is 1.93. The molecule has 3 nitrogen and oxygen atoms in total. The molecule has 0 atom stereocenters. The third-order valence-corrected chi connectivity index (χ3v) is 1.39. The van der Waals surface area contributed by atoms with E-state index in [0.717, 1.165) is 12.4 Å². The highest BCUT2D eigenvalue weighted by atomic mass is 36.0. The lowest BCUT2D eigenvalue weighted by Crippen LogP contribution is -1.92. The zero-order valence-electron chi connectivity index (χ0n) is 8.41. The Labute approximate surface area is 98.9 Å². The molecule has 1 rings (SSSR count). The van der Waals surface area contributed by atoms with Crippen molar-refractivity contribution < 1.29 is 13.2 Å². The molecule has 0 unspecified atom stereocenters. The van der Waals surface area contributed by atoms with E-state index in [1.165, 1.54) is 5.56 Å². The molecule has 0 radical (unpaired) electrons. The topological polar surface area (TPSA) is 43.4 Å². The molecule has 1 aromatic carbocycles. The van der Waals surface area contributed by atoms with Gasteiger partial charge in [-0.2, -0.15) is 8.42 Å². The molecule has 0 bridgehead atoms. The average molecular weight is 271 g/mol. The molecule has 15 heavy (non-hydrogen) atoms. The standard InChI is InChI=1S/C9H12O.Cl2O2S/c1-3-10-9-7-5-4-6-8(9)2;1-5(2,3)4/h4-7H,3H2,1-2H3;. The number of ether oxygens (including phenoxy) is 1. The first-order chi connectivity index (χ1) is 6.84. The first kappa shape index (κ1) is 14.5. The molecule has 86 valence electrons. The van der Waals surface area contributed by atoms with Crippen molar-refractivity contribution in [2.45, 2.75) is 13.8 Å². The Kier molecular flexibility index (Phi) is 6.72. The number of rotatable bonds is 2. The monoisotopic (exact) mass is 270 g/mol. The van der Waals surface area contributed by atoms with Crippen molar-refractivity contribution in [1.29, 1.82) is 0 Å². The van der Waals surface area contributed by atoms with Gasteiger partial charge in [-0.05, 0) is 25.5 Å². The maximum absolute atomic E-state index is 9.16. The molecule has 0 aliphatic carbocycles. The fourth-order valence-electron chi connectivity index (χ4n) is 0.874. The first-order valence-corrected chi connectivity index (χ1v) is 7.30. The normalized spacial score (nSPS) is 10.1. The minimum absolute atomic E-state index is 0.741. The second-order valence-corrected chi connectivity index (χ2v) is 6.25. The van der Waals surface area contributed by atoms with Crippen molar-refractivity contribution in [2.24, 2.45) is 0 Å². The van der Waals surface area contributed by atoms with Gasteiger partial charge in [0.05, 0.1) is 6.61 Å². The number of para-hydroxylation sites is 1. The van der Waals surface area contributed by atoms with E-state index in [4.69, 9.17) is 13.2 Å². The quantitative estimate of drug-likeness (QED) is 0.776. The Balaban J connectivity index is 0.000000336. The lowest BCUT2D eigenvalue weighted by Gasteiger charge is -2.04. The summed E-state index contributed by atoms with van der Waals surface area (Å²) in [6, 6.07) is 8.03. The second kappa shape index (κ2) is 6.93. The van der Waals surface area contributed by atoms with Gasteiger partial charge in [0.1, 0.15) is 5.75 Å². The van der Waals surface area contributed by atoms with Crippen LogP contribution < -0.4 is 4.74 Å². The minimum atomic E-state index is -3.72. The summed E-state index contributed by atoms with van der Waals surface area (Å²) in [6.45, 7) is 4.78. The lowest BCUT2D eigenvalue weighted by molar-refractivity contribution is 0.338. The van der Waals surface area contributed by atoms with Crippen LogP contribution in [-0.4, -0.2) is 15.0 Å². The summed E-state index contributed by atoms with van der Waals surface area (Å²) in [6.07, 6.45) is 0. The van der Waals surface area contributed by atoms with Crippen molar-refractivity contribution in [3.8, 4) is 5.75 Å². The van der Waals surface area contributed by atoms with Gasteiger partial charge in [0.15, 0.2) is 0 Å². The van der Waals surface area contributed by atoms with E-state index in [0.29, 0.717) is 0 Å². The van der Waals surface area contributed by atoms with Crippen LogP contribution in [0.1, 0.15) is 12.5 Å². The van der Waals surface area contributed by atoms with Crippen molar-refractivity contribution in [1.82, 2.24) is 0 Å². The number of aryl methyl sites for hydroxylation is 1. The van der Waals surface area contributed by atoms with E-state index in [9.17, 15) is 0 Å². The van der Waals surface area contributed by atoms with Crippen LogP contribution in [0.25, 0.3) is 0 Å². The van der Waals surface area contributed by atoms with E-state index in [1.807, 2.05) is 38.1 Å². The Morgan fingerprint density at radius 1 is 1.27 bits per heavy atom. The van der Waals surface area contributed by atoms with Gasteiger partial charge in [0, 0.05) is 21.4 Å². The van der Waals surface area contributed by atoms with E-state index < -0.39 is 8.26 Å². The second-order valence-electron chi connectivity index (χ2n) is 2.58. The molecule has 0 saturated carbocycles. The fraction of sp³-hybridized carbons (Fsp3) is 0.333. The van der Waals surface area contributed by atoms with Gasteiger partial charge >= 0.3 is 8.26 Å². The first-order valence-electron chi connectivity index (χ1n) is 4.17. The number of halogens is 2. The van der Waals surface area contributed by atoms with Crippen LogP contribution in [0.15, 0.2) is 24.3 Å². The van der Waals surface area contributed by atoms with Crippen LogP contribution >= 0.6 is 21.4 Å². The Bertz CT molecular complexity index is 382. The summed E-state index contributed by atoms with van der Waals surface area (Å²) >= 11 is 0. The highest BCUT2D eigenvalue weighted by molar-refractivity contribution is 8.31. The third-order valence-electron chi connectivity index (χ3n) is 1.39. The molecule has 0 aliphatic rings. The van der Waals surface area contributed by atoms with E-state index in [2.05, 4.69) is 21.4 Å². The summed E-state index contributed by atoms with van der Waals surface area (Å²) < 4.78 is 23.7. The Morgan fingerprint density at radius 2 is 1.73 bits per heavy atom. The largest absolute Gasteiger partial charge is 0.494 e. The molecule has 0 aromatic heterocycles. The number of hydrogen-bond acceptors (Lipinski definition) is 3. The van der Waals surface area contributed by atoms with Gasteiger partial charge in [-0.1, -0.05) is 18.2 Å². The van der Waals surface area contributed by atoms with Crippen LogP contribution in [0, 0.1) is 6.92 Å². The van der Waals surface area contributed by atoms with Crippen LogP contribution in [0.3, 0.4) is 0 Å². The van der Waals surface area contributed by atoms with Crippen LogP contribution in [0.4, 0.5) is 0 Å². The summed E-state index contributed by atoms with van der Waals surface area (Å²) in [5.74, 6) is 0.991. The molecule has 0 heterocycles. The minimum Gasteiger partial charge on any atom is -0.494 e. The third kappa shape index (κ3) is 9.85. The Hall–Kier alpha value is -0.450. The fourth-order valence-corrected chi connectivity index (χ4v) is 0.874. The van der Waals surface area contributed by atoms with E-state index >= 15 is 0 Å². The number of hydrogen-bond donors (Lipinski definition) is 0. The maximum atomic E-state index is 9.16. The van der Waals surface area contributed by atoms with Gasteiger partial charge in [0.25, 0.3) is 0 Å². The predicted octanol–water partition coefficient (Wildman–Crippen LogP) is 3.10. The molecule has 0 amide bonds. The molecule has 0 spiro atoms. The van der Waals surface area contributed by atoms with Crippen molar-refractivity contribution in [3.63, 3.8) is 0 Å². The molecule has 0 fully saturated rings. The average Bonchev–Trinajstić information content (AvgIpc) is 2.06. The molecule has 6 heteroatoms. The van der Waals surface area contributed by atoms with Crippen molar-refractivity contribution >= 4 is 29.6 Å². The molecule has 0 N–H and O–H groups in total. The van der Waals surface area contributed by atoms with Crippen LogP contribution in [0.2, 0.25) is 0 Å². The summed E-state index contributed by atoms with van der Waals surface area (Å²) in [7, 11) is 4.81. The molecular weight excluding hydrogens is 259 g/mol. The van der Waals surface area contributed by atoms with Gasteiger partial charge in [-0.25, -0.2) is 0 Å². The van der Waals surface area contributed by atoms with Crippen molar-refractivity contribution in [3.05, 3.63) is 29.8 Å². The summed E-state index contributed by atoms with van der Waals surface area (Å²) in [5, 5.41) is 0. The number of benzene rings is 1. The Morgan fingerprint density at radius 3 is 2.13 bits per heavy atom. The lowest BCUT2D eigenvalue weighted by atomic mass is 10.2. The van der Waals surface area contributed by atoms with Gasteiger partial charge in [0.2, 0.25) is 0 Å². The smallest absolute Gasteiger partial charge is 0.317 e. The van der Waals surface area contributed by atoms with Crippen LogP contribution in [-0.2, 0) is 8.26 Å². The van der Waals surface area contributed by atoms with E-state index in [1.54, 1.807) is 0 Å². The highest BCUT2D eigenvalue weighted by Crippen LogP contribution is 2.15. The van der Waals surface area contributed by atoms with E-state index in [-0.39, 0.29) is 0 Å². The van der Waals surface area contributed by atoms with Gasteiger partial charge in [-0.3, -0.25) is 0 Å².